The fourth-order valence-electron chi connectivity index (χ4n) is 4.61. The van der Waals surface area contributed by atoms with Crippen LogP contribution >= 0.6 is 11.9 Å². The molecule has 8 heteroatoms. The minimum Gasteiger partial charge on any atom is -0.492 e. The first-order chi connectivity index (χ1) is 17.0. The number of carbonyl (C=O) groups is 1. The number of hydrogen-bond acceptors (Lipinski definition) is 6. The average Bonchev–Trinajstić information content (AvgIpc) is 3.16. The van der Waals surface area contributed by atoms with Crippen LogP contribution in [0, 0.1) is 11.6 Å². The monoisotopic (exact) mass is 493 g/mol. The summed E-state index contributed by atoms with van der Waals surface area (Å²) in [5.74, 6) is -0.993. The van der Waals surface area contributed by atoms with E-state index in [-0.39, 0.29) is 5.78 Å². The van der Waals surface area contributed by atoms with Crippen LogP contribution < -0.4 is 4.74 Å². The van der Waals surface area contributed by atoms with Gasteiger partial charge >= 0.3 is 0 Å². The number of benzene rings is 2. The Balaban J connectivity index is 1.44. The third-order valence-corrected chi connectivity index (χ3v) is 7.23. The van der Waals surface area contributed by atoms with Crippen LogP contribution in [0.3, 0.4) is 0 Å². The number of aromatic nitrogens is 1. The maximum absolute atomic E-state index is 14.2. The number of nitrogens with zero attached hydrogens (tertiary/aromatic N) is 3. The molecule has 0 N–H and O–H groups in total. The molecule has 0 bridgehead atoms. The number of ketones is 1. The highest BCUT2D eigenvalue weighted by Gasteiger charge is 2.32. The van der Waals surface area contributed by atoms with E-state index in [1.165, 1.54) is 12.1 Å². The lowest BCUT2D eigenvalue weighted by Crippen LogP contribution is -2.44. The van der Waals surface area contributed by atoms with E-state index >= 15 is 0 Å². The van der Waals surface area contributed by atoms with Crippen LogP contribution in [0.4, 0.5) is 8.78 Å². The fraction of sp³-hybridized carbons (Fsp3) is 0.259. The number of allylic oxidation sites excluding steroid dienone is 1. The fourth-order valence-corrected chi connectivity index (χ4v) is 5.14. The summed E-state index contributed by atoms with van der Waals surface area (Å²) in [6.45, 7) is 5.35. The summed E-state index contributed by atoms with van der Waals surface area (Å²) in [4.78, 5) is 19.9. The van der Waals surface area contributed by atoms with Gasteiger partial charge in [-0.3, -0.25) is 14.7 Å². The van der Waals surface area contributed by atoms with Crippen LogP contribution in [0.25, 0.3) is 11.1 Å². The van der Waals surface area contributed by atoms with Crippen molar-refractivity contribution in [1.82, 2.24) is 14.2 Å². The third kappa shape index (κ3) is 5.00. The SMILES string of the molecule is CSN1CCN(CCOc2ccc3c(c2)C(c2cc(F)cc(F)c2)=C(c2cccnc2)C3=O)CC1. The number of piperazine rings is 1. The van der Waals surface area contributed by atoms with Gasteiger partial charge in [-0.25, -0.2) is 13.1 Å². The van der Waals surface area contributed by atoms with Crippen molar-refractivity contribution in [3.63, 3.8) is 0 Å². The minimum atomic E-state index is -0.701. The second-order valence-electron chi connectivity index (χ2n) is 8.49. The van der Waals surface area contributed by atoms with E-state index in [0.717, 1.165) is 38.8 Å². The molecule has 2 heterocycles. The molecule has 0 saturated carbocycles. The van der Waals surface area contributed by atoms with Crippen LogP contribution in [-0.2, 0) is 0 Å². The van der Waals surface area contributed by atoms with Gasteiger partial charge < -0.3 is 4.74 Å². The molecule has 5 rings (SSSR count). The Morgan fingerprint density at radius 1 is 0.943 bits per heavy atom. The van der Waals surface area contributed by atoms with Gasteiger partial charge in [0.25, 0.3) is 0 Å². The van der Waals surface area contributed by atoms with Crippen molar-refractivity contribution in [2.45, 2.75) is 0 Å². The van der Waals surface area contributed by atoms with E-state index < -0.39 is 11.6 Å². The number of fused-ring (bicyclic) bond motifs is 1. The van der Waals surface area contributed by atoms with Crippen molar-refractivity contribution in [1.29, 1.82) is 0 Å². The maximum atomic E-state index is 14.2. The lowest BCUT2D eigenvalue weighted by molar-refractivity contribution is 0.105. The minimum absolute atomic E-state index is 0.203. The summed E-state index contributed by atoms with van der Waals surface area (Å²) < 4.78 is 36.7. The predicted octanol–water partition coefficient (Wildman–Crippen LogP) is 4.79. The second kappa shape index (κ2) is 10.3. The molecule has 180 valence electrons. The quantitative estimate of drug-likeness (QED) is 0.441. The lowest BCUT2D eigenvalue weighted by Gasteiger charge is -2.32. The molecule has 35 heavy (non-hydrogen) atoms. The van der Waals surface area contributed by atoms with Gasteiger partial charge in [-0.2, -0.15) is 0 Å². The highest BCUT2D eigenvalue weighted by molar-refractivity contribution is 7.96. The van der Waals surface area contributed by atoms with Crippen molar-refractivity contribution in [2.24, 2.45) is 0 Å². The number of rotatable bonds is 7. The predicted molar refractivity (Wildman–Crippen MR) is 134 cm³/mol. The number of pyridine rings is 1. The Hall–Kier alpha value is -3.07. The smallest absolute Gasteiger partial charge is 0.194 e. The van der Waals surface area contributed by atoms with Crippen molar-refractivity contribution in [3.05, 3.63) is 94.8 Å². The summed E-state index contributed by atoms with van der Waals surface area (Å²) in [6, 6.07) is 12.1. The van der Waals surface area contributed by atoms with E-state index in [0.29, 0.717) is 45.8 Å². The molecule has 0 unspecified atom stereocenters. The molecule has 0 radical (unpaired) electrons. The van der Waals surface area contributed by atoms with Crippen molar-refractivity contribution in [3.8, 4) is 5.75 Å². The average molecular weight is 494 g/mol. The van der Waals surface area contributed by atoms with Crippen LogP contribution in [0.15, 0.2) is 60.9 Å². The Bertz CT molecular complexity index is 1250. The molecule has 1 saturated heterocycles. The molecule has 0 amide bonds. The zero-order valence-corrected chi connectivity index (χ0v) is 20.2. The van der Waals surface area contributed by atoms with Crippen LogP contribution in [-0.4, -0.2) is 65.6 Å². The normalized spacial score (nSPS) is 16.6. The van der Waals surface area contributed by atoms with Gasteiger partial charge in [0, 0.05) is 73.5 Å². The first-order valence-corrected chi connectivity index (χ1v) is 12.7. The van der Waals surface area contributed by atoms with E-state index in [9.17, 15) is 13.6 Å². The molecule has 2 aromatic carbocycles. The highest BCUT2D eigenvalue weighted by Crippen LogP contribution is 2.43. The van der Waals surface area contributed by atoms with Crippen LogP contribution in [0.1, 0.15) is 27.0 Å². The van der Waals surface area contributed by atoms with E-state index in [2.05, 4.69) is 20.4 Å². The Morgan fingerprint density at radius 2 is 1.71 bits per heavy atom. The van der Waals surface area contributed by atoms with Gasteiger partial charge in [0.2, 0.25) is 0 Å². The van der Waals surface area contributed by atoms with Gasteiger partial charge in [0.15, 0.2) is 5.78 Å². The van der Waals surface area contributed by atoms with Crippen LogP contribution in [0.2, 0.25) is 0 Å². The van der Waals surface area contributed by atoms with Gasteiger partial charge in [-0.15, -0.1) is 0 Å². The molecule has 1 aliphatic carbocycles. The number of Topliss-reactive ketones (excluding diaryl/α,β-unsaturated/α-hetero) is 1. The van der Waals surface area contributed by atoms with Gasteiger partial charge in [0.05, 0.1) is 0 Å². The largest absolute Gasteiger partial charge is 0.492 e. The molecule has 1 fully saturated rings. The Kier molecular flexibility index (Phi) is 6.95. The van der Waals surface area contributed by atoms with Gasteiger partial charge in [-0.1, -0.05) is 18.0 Å². The summed E-state index contributed by atoms with van der Waals surface area (Å²) in [6.07, 6.45) is 5.30. The summed E-state index contributed by atoms with van der Waals surface area (Å²) in [5.41, 5.74) is 2.84. The number of carbonyl (C=O) groups excluding carboxylic acids is 1. The number of ether oxygens (including phenoxy) is 1. The Morgan fingerprint density at radius 3 is 2.40 bits per heavy atom. The Labute approximate surface area is 207 Å². The molecule has 1 aromatic heterocycles. The topological polar surface area (TPSA) is 45.7 Å². The molecule has 1 aliphatic heterocycles. The third-order valence-electron chi connectivity index (χ3n) is 6.35. The van der Waals surface area contributed by atoms with Crippen molar-refractivity contribution >= 4 is 28.9 Å². The molecular formula is C27H25F2N3O2S. The van der Waals surface area contributed by atoms with Crippen LogP contribution in [0.5, 0.6) is 5.75 Å². The molecule has 0 spiro atoms. The number of hydrogen-bond donors (Lipinski definition) is 0. The lowest BCUT2D eigenvalue weighted by atomic mass is 9.94. The maximum Gasteiger partial charge on any atom is 0.194 e. The van der Waals surface area contributed by atoms with Gasteiger partial charge in [0.1, 0.15) is 24.0 Å². The second-order valence-corrected chi connectivity index (χ2v) is 9.37. The standard InChI is InChI=1S/C27H25F2N3O2S/c1-35-32-9-7-31(8-10-32)11-12-34-22-4-5-23-24(16-22)25(19-13-20(28)15-21(29)14-19)26(27(23)33)18-3-2-6-30-17-18/h2-6,13-17H,7-12H2,1H3. The number of halogens is 2. The first kappa shape index (κ1) is 23.7. The molecule has 0 atom stereocenters. The van der Waals surface area contributed by atoms with Gasteiger partial charge in [-0.05, 0) is 53.8 Å². The summed E-state index contributed by atoms with van der Waals surface area (Å²) in [5, 5.41) is 0. The van der Waals surface area contributed by atoms with E-state index in [4.69, 9.17) is 4.74 Å². The molecule has 5 nitrogen and oxygen atoms in total. The molecule has 2 aliphatic rings. The van der Waals surface area contributed by atoms with Crippen molar-refractivity contribution in [2.75, 3.05) is 45.6 Å². The summed E-state index contributed by atoms with van der Waals surface area (Å²) in [7, 11) is 0. The molecular weight excluding hydrogens is 468 g/mol. The van der Waals surface area contributed by atoms with E-state index in [1.54, 1.807) is 54.7 Å². The zero-order valence-electron chi connectivity index (χ0n) is 19.3. The highest BCUT2D eigenvalue weighted by atomic mass is 32.2. The first-order valence-electron chi connectivity index (χ1n) is 11.5. The summed E-state index contributed by atoms with van der Waals surface area (Å²) >= 11 is 1.77. The zero-order chi connectivity index (χ0) is 24.4. The van der Waals surface area contributed by atoms with E-state index in [1.807, 2.05) is 0 Å². The molecule has 3 aromatic rings. The van der Waals surface area contributed by atoms with Crippen molar-refractivity contribution < 1.29 is 18.3 Å².